The molecule has 0 fully saturated rings. The second-order valence-electron chi connectivity index (χ2n) is 5.68. The van der Waals surface area contributed by atoms with Gasteiger partial charge in [0, 0.05) is 31.6 Å². The number of carbonyl (C=O) groups excluding carboxylic acids is 1. The number of fused-ring (bicyclic) bond motifs is 1. The molecule has 0 bridgehead atoms. The Morgan fingerprint density at radius 3 is 2.85 bits per heavy atom. The largest absolute Gasteiger partial charge is 0.494 e. The van der Waals surface area contributed by atoms with Crippen molar-refractivity contribution in [2.24, 2.45) is 0 Å². The van der Waals surface area contributed by atoms with E-state index in [1.807, 2.05) is 37.3 Å². The van der Waals surface area contributed by atoms with E-state index in [1.165, 1.54) is 11.8 Å². The molecule has 0 unspecified atom stereocenters. The molecule has 3 aromatic rings. The van der Waals surface area contributed by atoms with E-state index in [1.54, 1.807) is 24.0 Å². The highest BCUT2D eigenvalue weighted by Crippen LogP contribution is 2.27. The lowest BCUT2D eigenvalue weighted by Crippen LogP contribution is -2.28. The molecule has 1 N–H and O–H groups in total. The molecule has 0 aliphatic heterocycles. The lowest BCUT2D eigenvalue weighted by Gasteiger charge is -2.04. The Kier molecular flexibility index (Phi) is 6.67. The number of rotatable bonds is 9. The maximum absolute atomic E-state index is 11.9. The number of carbonyl (C=O) groups is 1. The molecule has 1 amide bonds. The monoisotopic (exact) mass is 386 g/mol. The van der Waals surface area contributed by atoms with Crippen molar-refractivity contribution in [3.8, 4) is 17.0 Å². The van der Waals surface area contributed by atoms with Crippen molar-refractivity contribution >= 4 is 23.2 Å². The normalized spacial score (nSPS) is 10.9. The van der Waals surface area contributed by atoms with Crippen LogP contribution in [0, 0.1) is 0 Å². The molecule has 27 heavy (non-hydrogen) atoms. The first-order valence-corrected chi connectivity index (χ1v) is 9.66. The summed E-state index contributed by atoms with van der Waals surface area (Å²) in [6.07, 6.45) is 3.49. The van der Waals surface area contributed by atoms with Crippen molar-refractivity contribution in [3.05, 3.63) is 42.7 Å². The van der Waals surface area contributed by atoms with E-state index in [-0.39, 0.29) is 5.91 Å². The molecule has 0 saturated carbocycles. The van der Waals surface area contributed by atoms with E-state index in [0.717, 1.165) is 27.5 Å². The van der Waals surface area contributed by atoms with Crippen LogP contribution in [0.4, 0.5) is 0 Å². The van der Waals surface area contributed by atoms with Crippen LogP contribution >= 0.6 is 11.8 Å². The van der Waals surface area contributed by atoms with Gasteiger partial charge >= 0.3 is 0 Å². The maximum atomic E-state index is 11.9. The van der Waals surface area contributed by atoms with E-state index in [2.05, 4.69) is 15.4 Å². The summed E-state index contributed by atoms with van der Waals surface area (Å²) in [6, 6.07) is 9.81. The average molecular weight is 386 g/mol. The van der Waals surface area contributed by atoms with Crippen LogP contribution in [0.15, 0.2) is 47.8 Å². The molecular formula is C19H22N4O3S. The summed E-state index contributed by atoms with van der Waals surface area (Å²) in [5, 5.41) is 8.18. The fourth-order valence-corrected chi connectivity index (χ4v) is 3.32. The molecule has 3 rings (SSSR count). The SMILES string of the molecule is CCOc1ccc(-c2cc3c(SCC(=O)NCCOC)nccn3n2)cc1. The maximum Gasteiger partial charge on any atom is 0.230 e. The van der Waals surface area contributed by atoms with Crippen LogP contribution < -0.4 is 10.1 Å². The first kappa shape index (κ1) is 19.2. The third kappa shape index (κ3) is 4.99. The van der Waals surface area contributed by atoms with E-state index in [0.29, 0.717) is 25.5 Å². The predicted molar refractivity (Wildman–Crippen MR) is 105 cm³/mol. The van der Waals surface area contributed by atoms with E-state index >= 15 is 0 Å². The number of nitrogens with one attached hydrogen (secondary N) is 1. The molecule has 1 aromatic carbocycles. The van der Waals surface area contributed by atoms with Gasteiger partial charge in [0.1, 0.15) is 10.8 Å². The van der Waals surface area contributed by atoms with Gasteiger partial charge in [-0.25, -0.2) is 9.50 Å². The van der Waals surface area contributed by atoms with Crippen LogP contribution in [-0.4, -0.2) is 53.1 Å². The van der Waals surface area contributed by atoms with Crippen molar-refractivity contribution in [2.45, 2.75) is 11.9 Å². The van der Waals surface area contributed by atoms with Gasteiger partial charge in [-0.15, -0.1) is 0 Å². The van der Waals surface area contributed by atoms with Crippen molar-refractivity contribution in [3.63, 3.8) is 0 Å². The molecule has 142 valence electrons. The zero-order chi connectivity index (χ0) is 19.1. The molecule has 0 aliphatic rings. The van der Waals surface area contributed by atoms with E-state index < -0.39 is 0 Å². The molecular weight excluding hydrogens is 364 g/mol. The molecule has 0 atom stereocenters. The summed E-state index contributed by atoms with van der Waals surface area (Å²) in [5.41, 5.74) is 2.71. The lowest BCUT2D eigenvalue weighted by atomic mass is 10.1. The Morgan fingerprint density at radius 1 is 1.30 bits per heavy atom. The second-order valence-corrected chi connectivity index (χ2v) is 6.64. The minimum atomic E-state index is -0.0490. The highest BCUT2D eigenvalue weighted by molar-refractivity contribution is 8.00. The molecule has 0 radical (unpaired) electrons. The second kappa shape index (κ2) is 9.38. The van der Waals surface area contributed by atoms with E-state index in [4.69, 9.17) is 9.47 Å². The van der Waals surface area contributed by atoms with Crippen LogP contribution in [0.5, 0.6) is 5.75 Å². The van der Waals surface area contributed by atoms with Crippen LogP contribution in [0.1, 0.15) is 6.92 Å². The zero-order valence-electron chi connectivity index (χ0n) is 15.3. The Hall–Kier alpha value is -2.58. The summed E-state index contributed by atoms with van der Waals surface area (Å²) < 4.78 is 12.2. The minimum Gasteiger partial charge on any atom is -0.494 e. The van der Waals surface area contributed by atoms with Crippen LogP contribution in [0.3, 0.4) is 0 Å². The van der Waals surface area contributed by atoms with Crippen molar-refractivity contribution in [1.82, 2.24) is 19.9 Å². The highest BCUT2D eigenvalue weighted by Gasteiger charge is 2.11. The van der Waals surface area contributed by atoms with Crippen molar-refractivity contribution in [2.75, 3.05) is 32.6 Å². The van der Waals surface area contributed by atoms with Crippen LogP contribution in [0.2, 0.25) is 0 Å². The van der Waals surface area contributed by atoms with Gasteiger partial charge in [-0.05, 0) is 37.3 Å². The van der Waals surface area contributed by atoms with Crippen LogP contribution in [-0.2, 0) is 9.53 Å². The van der Waals surface area contributed by atoms with Gasteiger partial charge in [-0.1, -0.05) is 11.8 Å². The molecule has 0 aliphatic carbocycles. The fourth-order valence-electron chi connectivity index (χ4n) is 2.52. The molecule has 2 aromatic heterocycles. The standard InChI is InChI=1S/C19H22N4O3S/c1-3-26-15-6-4-14(5-7-15)16-12-17-19(21-8-10-23(17)22-16)27-13-18(24)20-9-11-25-2/h4-8,10,12H,3,9,11,13H2,1-2H3,(H,20,24). The smallest absolute Gasteiger partial charge is 0.230 e. The van der Waals surface area contributed by atoms with Gasteiger partial charge in [-0.3, -0.25) is 4.79 Å². The average Bonchev–Trinajstić information content (AvgIpc) is 3.12. The van der Waals surface area contributed by atoms with Crippen molar-refractivity contribution in [1.29, 1.82) is 0 Å². The Labute approximate surface area is 162 Å². The fraction of sp³-hybridized carbons (Fsp3) is 0.316. The summed E-state index contributed by atoms with van der Waals surface area (Å²) in [4.78, 5) is 16.3. The highest BCUT2D eigenvalue weighted by atomic mass is 32.2. The zero-order valence-corrected chi connectivity index (χ0v) is 16.2. The molecule has 7 nitrogen and oxygen atoms in total. The summed E-state index contributed by atoms with van der Waals surface area (Å²) >= 11 is 1.39. The first-order chi connectivity index (χ1) is 13.2. The summed E-state index contributed by atoms with van der Waals surface area (Å²) in [5.74, 6) is 1.08. The quantitative estimate of drug-likeness (QED) is 0.450. The van der Waals surface area contributed by atoms with Gasteiger partial charge < -0.3 is 14.8 Å². The Bertz CT molecular complexity index is 896. The van der Waals surface area contributed by atoms with Gasteiger partial charge in [0.2, 0.25) is 5.91 Å². The summed E-state index contributed by atoms with van der Waals surface area (Å²) in [6.45, 7) is 3.60. The lowest BCUT2D eigenvalue weighted by molar-refractivity contribution is -0.118. The van der Waals surface area contributed by atoms with Gasteiger partial charge in [0.25, 0.3) is 0 Å². The van der Waals surface area contributed by atoms with Gasteiger partial charge in [0.05, 0.1) is 30.2 Å². The number of aromatic nitrogens is 3. The minimum absolute atomic E-state index is 0.0490. The number of ether oxygens (including phenoxy) is 2. The number of thioether (sulfide) groups is 1. The number of methoxy groups -OCH3 is 1. The van der Waals surface area contributed by atoms with E-state index in [9.17, 15) is 4.79 Å². The van der Waals surface area contributed by atoms with Gasteiger partial charge in [0.15, 0.2) is 0 Å². The van der Waals surface area contributed by atoms with Gasteiger partial charge in [-0.2, -0.15) is 5.10 Å². The molecule has 0 spiro atoms. The summed E-state index contributed by atoms with van der Waals surface area (Å²) in [7, 11) is 1.60. The molecule has 0 saturated heterocycles. The Balaban J connectivity index is 1.73. The number of hydrogen-bond acceptors (Lipinski definition) is 6. The third-order valence-electron chi connectivity index (χ3n) is 3.78. The number of benzene rings is 1. The third-order valence-corrected chi connectivity index (χ3v) is 4.78. The molecule has 2 heterocycles. The predicted octanol–water partition coefficient (Wildman–Crippen LogP) is 2.65. The Morgan fingerprint density at radius 2 is 2.11 bits per heavy atom. The first-order valence-electron chi connectivity index (χ1n) is 8.67. The number of hydrogen-bond donors (Lipinski definition) is 1. The number of amides is 1. The molecule has 8 heteroatoms. The number of nitrogens with zero attached hydrogens (tertiary/aromatic N) is 3. The van der Waals surface area contributed by atoms with Crippen molar-refractivity contribution < 1.29 is 14.3 Å². The topological polar surface area (TPSA) is 77.8 Å². The van der Waals surface area contributed by atoms with Crippen LogP contribution in [0.25, 0.3) is 16.8 Å².